The van der Waals surface area contributed by atoms with Crippen molar-refractivity contribution in [3.05, 3.63) is 84.5 Å². The number of rotatable bonds is 2. The third-order valence-electron chi connectivity index (χ3n) is 3.20. The summed E-state index contributed by atoms with van der Waals surface area (Å²) in [6.07, 6.45) is 6.08. The molecule has 0 N–H and O–H groups in total. The van der Waals surface area contributed by atoms with Crippen LogP contribution in [-0.2, 0) is 0 Å². The summed E-state index contributed by atoms with van der Waals surface area (Å²) in [4.78, 5) is 9.26. The van der Waals surface area contributed by atoms with Crippen molar-refractivity contribution in [3.8, 4) is 0 Å². The van der Waals surface area contributed by atoms with Crippen molar-refractivity contribution in [2.75, 3.05) is 0 Å². The van der Waals surface area contributed by atoms with Crippen LogP contribution in [-0.4, -0.2) is 11.4 Å². The van der Waals surface area contributed by atoms with E-state index in [1.807, 2.05) is 72.8 Å². The van der Waals surface area contributed by atoms with E-state index >= 15 is 0 Å². The fourth-order valence-electron chi connectivity index (χ4n) is 2.13. The first-order valence-corrected chi connectivity index (χ1v) is 6.95. The Labute approximate surface area is 124 Å². The van der Waals surface area contributed by atoms with Crippen LogP contribution < -0.4 is 0 Å². The molecule has 0 heterocycles. The second-order valence-corrected chi connectivity index (χ2v) is 4.87. The lowest BCUT2D eigenvalue weighted by molar-refractivity contribution is 1.46. The zero-order chi connectivity index (χ0) is 14.5. The Morgan fingerprint density at radius 3 is 1.81 bits per heavy atom. The Bertz CT molecular complexity index is 736. The van der Waals surface area contributed by atoms with Crippen molar-refractivity contribution < 1.29 is 0 Å². The molecule has 0 aromatic heterocycles. The van der Waals surface area contributed by atoms with E-state index in [-0.39, 0.29) is 0 Å². The summed E-state index contributed by atoms with van der Waals surface area (Å²) in [7, 11) is 0. The zero-order valence-electron chi connectivity index (χ0n) is 11.9. The van der Waals surface area contributed by atoms with Crippen LogP contribution in [0.2, 0.25) is 0 Å². The van der Waals surface area contributed by atoms with Gasteiger partial charge in [-0.3, -0.25) is 0 Å². The summed E-state index contributed by atoms with van der Waals surface area (Å²) in [5, 5.41) is 0. The van der Waals surface area contributed by atoms with Crippen LogP contribution in [0.15, 0.2) is 94.4 Å². The molecule has 2 nitrogen and oxygen atoms in total. The zero-order valence-corrected chi connectivity index (χ0v) is 11.9. The molecule has 0 saturated carbocycles. The van der Waals surface area contributed by atoms with Crippen LogP contribution in [0.1, 0.15) is 6.92 Å². The van der Waals surface area contributed by atoms with E-state index in [2.05, 4.69) is 23.0 Å². The third kappa shape index (κ3) is 3.42. The van der Waals surface area contributed by atoms with E-state index in [1.54, 1.807) is 0 Å². The van der Waals surface area contributed by atoms with Crippen LogP contribution >= 0.6 is 0 Å². The van der Waals surface area contributed by atoms with Gasteiger partial charge in [0.25, 0.3) is 0 Å². The van der Waals surface area contributed by atoms with E-state index in [4.69, 9.17) is 0 Å². The topological polar surface area (TPSA) is 24.7 Å². The van der Waals surface area contributed by atoms with Gasteiger partial charge in [-0.2, -0.15) is 0 Å². The number of benzene rings is 2. The fourth-order valence-corrected chi connectivity index (χ4v) is 2.13. The van der Waals surface area contributed by atoms with Gasteiger partial charge in [-0.05, 0) is 55.0 Å². The lowest BCUT2D eigenvalue weighted by Gasteiger charge is -2.08. The predicted molar refractivity (Wildman–Crippen MR) is 90.0 cm³/mol. The van der Waals surface area contributed by atoms with Gasteiger partial charge in [-0.15, -0.1) is 0 Å². The number of aliphatic imine (C=N–C) groups is 2. The molecule has 2 aromatic carbocycles. The Balaban J connectivity index is 1.86. The monoisotopic (exact) mass is 272 g/mol. The van der Waals surface area contributed by atoms with Gasteiger partial charge in [-0.1, -0.05) is 36.4 Å². The summed E-state index contributed by atoms with van der Waals surface area (Å²) >= 11 is 0. The molecule has 21 heavy (non-hydrogen) atoms. The minimum Gasteiger partial charge on any atom is -0.249 e. The molecule has 0 bridgehead atoms. The van der Waals surface area contributed by atoms with Crippen LogP contribution in [0.3, 0.4) is 0 Å². The molecule has 102 valence electrons. The van der Waals surface area contributed by atoms with Gasteiger partial charge in [0.2, 0.25) is 0 Å². The molecule has 0 saturated heterocycles. The molecular formula is C19H16N2. The highest BCUT2D eigenvalue weighted by molar-refractivity contribution is 6.21. The minimum atomic E-state index is 0.950. The summed E-state index contributed by atoms with van der Waals surface area (Å²) in [6.45, 7) is 2.06. The Kier molecular flexibility index (Phi) is 3.88. The fraction of sp³-hybridized carbons (Fsp3) is 0.0526. The van der Waals surface area contributed by atoms with Gasteiger partial charge < -0.3 is 0 Å². The lowest BCUT2D eigenvalue weighted by atomic mass is 10.0. The number of hydrogen-bond donors (Lipinski definition) is 0. The first-order chi connectivity index (χ1) is 10.3. The molecule has 0 amide bonds. The molecule has 0 atom stereocenters. The van der Waals surface area contributed by atoms with Crippen LogP contribution in [0, 0.1) is 0 Å². The maximum Gasteiger partial charge on any atom is 0.0667 e. The van der Waals surface area contributed by atoms with Crippen molar-refractivity contribution in [3.63, 3.8) is 0 Å². The SMILES string of the molecule is CC1=CC(=N\c2ccccc2)/C=CC/1=N/c1ccccc1. The highest BCUT2D eigenvalue weighted by atomic mass is 14.8. The molecular weight excluding hydrogens is 256 g/mol. The molecule has 0 radical (unpaired) electrons. The van der Waals surface area contributed by atoms with Crippen molar-refractivity contribution >= 4 is 22.8 Å². The molecule has 1 aliphatic rings. The summed E-state index contributed by atoms with van der Waals surface area (Å²) < 4.78 is 0. The van der Waals surface area contributed by atoms with Crippen molar-refractivity contribution in [1.29, 1.82) is 0 Å². The first-order valence-electron chi connectivity index (χ1n) is 6.95. The normalized spacial score (nSPS) is 18.0. The third-order valence-corrected chi connectivity index (χ3v) is 3.20. The average molecular weight is 272 g/mol. The predicted octanol–water partition coefficient (Wildman–Crippen LogP) is 5.05. The Morgan fingerprint density at radius 1 is 0.667 bits per heavy atom. The Hall–Kier alpha value is -2.74. The van der Waals surface area contributed by atoms with Gasteiger partial charge in [0.15, 0.2) is 0 Å². The molecule has 0 spiro atoms. The van der Waals surface area contributed by atoms with Crippen molar-refractivity contribution in [2.24, 2.45) is 9.98 Å². The summed E-state index contributed by atoms with van der Waals surface area (Å²) in [5.74, 6) is 0. The standard InChI is InChI=1S/C19H16N2/c1-15-14-18(20-16-8-4-2-5-9-16)12-13-19(15)21-17-10-6-3-7-11-17/h2-14H,1H3/b20-18-,21-19-. The number of nitrogens with zero attached hydrogens (tertiary/aromatic N) is 2. The van der Waals surface area contributed by atoms with Crippen molar-refractivity contribution in [2.45, 2.75) is 6.92 Å². The maximum atomic E-state index is 4.65. The minimum absolute atomic E-state index is 0.950. The molecule has 0 aliphatic heterocycles. The highest BCUT2D eigenvalue weighted by Crippen LogP contribution is 2.17. The summed E-state index contributed by atoms with van der Waals surface area (Å²) in [5.41, 5.74) is 4.98. The largest absolute Gasteiger partial charge is 0.249 e. The van der Waals surface area contributed by atoms with Crippen LogP contribution in [0.4, 0.5) is 11.4 Å². The quantitative estimate of drug-likeness (QED) is 0.684. The molecule has 0 fully saturated rings. The van der Waals surface area contributed by atoms with E-state index < -0.39 is 0 Å². The Morgan fingerprint density at radius 2 is 1.24 bits per heavy atom. The van der Waals surface area contributed by atoms with Gasteiger partial charge in [0, 0.05) is 0 Å². The van der Waals surface area contributed by atoms with Crippen molar-refractivity contribution in [1.82, 2.24) is 0 Å². The molecule has 1 aliphatic carbocycles. The van der Waals surface area contributed by atoms with Gasteiger partial charge in [-0.25, -0.2) is 9.98 Å². The smallest absolute Gasteiger partial charge is 0.0667 e. The van der Waals surface area contributed by atoms with E-state index in [1.165, 1.54) is 0 Å². The van der Waals surface area contributed by atoms with E-state index in [0.717, 1.165) is 28.4 Å². The maximum absolute atomic E-state index is 4.65. The van der Waals surface area contributed by atoms with Gasteiger partial charge >= 0.3 is 0 Å². The van der Waals surface area contributed by atoms with Gasteiger partial charge in [0.05, 0.1) is 22.8 Å². The van der Waals surface area contributed by atoms with E-state index in [0.29, 0.717) is 0 Å². The number of para-hydroxylation sites is 2. The molecule has 3 rings (SSSR count). The number of allylic oxidation sites excluding steroid dienone is 4. The van der Waals surface area contributed by atoms with Crippen LogP contribution in [0.5, 0.6) is 0 Å². The molecule has 2 aromatic rings. The number of hydrogen-bond acceptors (Lipinski definition) is 2. The van der Waals surface area contributed by atoms with Gasteiger partial charge in [0.1, 0.15) is 0 Å². The van der Waals surface area contributed by atoms with E-state index in [9.17, 15) is 0 Å². The average Bonchev–Trinajstić information content (AvgIpc) is 2.52. The second-order valence-electron chi connectivity index (χ2n) is 4.87. The first kappa shape index (κ1) is 13.3. The highest BCUT2D eigenvalue weighted by Gasteiger charge is 2.06. The lowest BCUT2D eigenvalue weighted by Crippen LogP contribution is -2.05. The second kappa shape index (κ2) is 6.14. The molecule has 0 unspecified atom stereocenters. The summed E-state index contributed by atoms with van der Waals surface area (Å²) in [6, 6.07) is 20.0. The van der Waals surface area contributed by atoms with Crippen LogP contribution in [0.25, 0.3) is 0 Å². The molecule has 2 heteroatoms.